The number of ether oxygens (including phenoxy) is 1. The van der Waals surface area contributed by atoms with E-state index < -0.39 is 0 Å². The molecule has 0 saturated heterocycles. The topological polar surface area (TPSA) is 49.9 Å². The van der Waals surface area contributed by atoms with Gasteiger partial charge in [-0.15, -0.1) is 0 Å². The summed E-state index contributed by atoms with van der Waals surface area (Å²) in [6.07, 6.45) is 0.852. The Bertz CT molecular complexity index is 771. The number of rotatable bonds is 5. The van der Waals surface area contributed by atoms with Gasteiger partial charge in [-0.2, -0.15) is 0 Å². The second kappa shape index (κ2) is 7.38. The van der Waals surface area contributed by atoms with Crippen molar-refractivity contribution >= 4 is 23.2 Å². The normalized spacial score (nSPS) is 12.6. The molecule has 1 aliphatic rings. The van der Waals surface area contributed by atoms with Crippen LogP contribution in [0, 0.1) is 0 Å². The standard InChI is InChI=1S/C20H22N2O3/c1-3-25-18-10-8-17(9-11-18)22(15(2)23)14-20(24)21-13-12-16-6-4-5-7-19(16)21/h4-11H,3,12-14H2,1-2H3. The van der Waals surface area contributed by atoms with Gasteiger partial charge in [-0.1, -0.05) is 18.2 Å². The highest BCUT2D eigenvalue weighted by molar-refractivity contribution is 6.03. The summed E-state index contributed by atoms with van der Waals surface area (Å²) in [5, 5.41) is 0. The molecule has 0 saturated carbocycles. The van der Waals surface area contributed by atoms with Crippen molar-refractivity contribution in [2.24, 2.45) is 0 Å². The largest absolute Gasteiger partial charge is 0.494 e. The summed E-state index contributed by atoms with van der Waals surface area (Å²) in [6.45, 7) is 4.66. The highest BCUT2D eigenvalue weighted by Crippen LogP contribution is 2.28. The average Bonchev–Trinajstić information content (AvgIpc) is 3.04. The molecular weight excluding hydrogens is 316 g/mol. The van der Waals surface area contributed by atoms with E-state index in [9.17, 15) is 9.59 Å². The number of carbonyl (C=O) groups is 2. The van der Waals surface area contributed by atoms with E-state index in [0.717, 1.165) is 17.9 Å². The Labute approximate surface area is 147 Å². The maximum absolute atomic E-state index is 12.8. The van der Waals surface area contributed by atoms with Crippen molar-refractivity contribution < 1.29 is 14.3 Å². The average molecular weight is 338 g/mol. The minimum atomic E-state index is -0.162. The van der Waals surface area contributed by atoms with E-state index in [4.69, 9.17) is 4.74 Å². The van der Waals surface area contributed by atoms with Crippen LogP contribution >= 0.6 is 0 Å². The quantitative estimate of drug-likeness (QED) is 0.842. The lowest BCUT2D eigenvalue weighted by molar-refractivity contribution is -0.121. The van der Waals surface area contributed by atoms with Crippen LogP contribution in [0.3, 0.4) is 0 Å². The van der Waals surface area contributed by atoms with E-state index in [1.54, 1.807) is 17.0 Å². The molecule has 0 aliphatic carbocycles. The first-order valence-corrected chi connectivity index (χ1v) is 8.49. The van der Waals surface area contributed by atoms with E-state index in [1.165, 1.54) is 17.4 Å². The molecule has 0 aromatic heterocycles. The van der Waals surface area contributed by atoms with Crippen molar-refractivity contribution in [3.63, 3.8) is 0 Å². The second-order valence-electron chi connectivity index (χ2n) is 5.96. The minimum absolute atomic E-state index is 0.0254. The van der Waals surface area contributed by atoms with E-state index in [2.05, 4.69) is 0 Å². The van der Waals surface area contributed by atoms with Gasteiger partial charge in [-0.3, -0.25) is 9.59 Å². The lowest BCUT2D eigenvalue weighted by Gasteiger charge is -2.24. The fourth-order valence-corrected chi connectivity index (χ4v) is 3.09. The van der Waals surface area contributed by atoms with Gasteiger partial charge < -0.3 is 14.5 Å². The molecule has 0 spiro atoms. The lowest BCUT2D eigenvalue weighted by atomic mass is 10.2. The molecule has 5 nitrogen and oxygen atoms in total. The zero-order valence-corrected chi connectivity index (χ0v) is 14.6. The second-order valence-corrected chi connectivity index (χ2v) is 5.96. The van der Waals surface area contributed by atoms with Gasteiger partial charge in [0.25, 0.3) is 0 Å². The summed E-state index contributed by atoms with van der Waals surface area (Å²) >= 11 is 0. The Balaban J connectivity index is 1.76. The van der Waals surface area contributed by atoms with Crippen LogP contribution in [0.5, 0.6) is 5.75 Å². The van der Waals surface area contributed by atoms with Crippen LogP contribution in [-0.2, 0) is 16.0 Å². The van der Waals surface area contributed by atoms with E-state index >= 15 is 0 Å². The van der Waals surface area contributed by atoms with E-state index in [-0.39, 0.29) is 18.4 Å². The third-order valence-corrected chi connectivity index (χ3v) is 4.32. The summed E-state index contributed by atoms with van der Waals surface area (Å²) in [7, 11) is 0. The van der Waals surface area contributed by atoms with Gasteiger partial charge in [0, 0.05) is 24.8 Å². The molecule has 1 aliphatic heterocycles. The highest BCUT2D eigenvalue weighted by Gasteiger charge is 2.26. The molecule has 0 atom stereocenters. The molecule has 0 radical (unpaired) electrons. The number of anilines is 2. The van der Waals surface area contributed by atoms with Gasteiger partial charge in [-0.05, 0) is 49.2 Å². The molecule has 0 N–H and O–H groups in total. The molecule has 0 bridgehead atoms. The minimum Gasteiger partial charge on any atom is -0.494 e. The van der Waals surface area contributed by atoms with Gasteiger partial charge >= 0.3 is 0 Å². The van der Waals surface area contributed by atoms with Crippen LogP contribution in [0.15, 0.2) is 48.5 Å². The predicted octanol–water partition coefficient (Wildman–Crippen LogP) is 3.03. The van der Waals surface area contributed by atoms with Gasteiger partial charge in [0.1, 0.15) is 12.3 Å². The summed E-state index contributed by atoms with van der Waals surface area (Å²) in [4.78, 5) is 28.1. The molecule has 25 heavy (non-hydrogen) atoms. The number of carbonyl (C=O) groups excluding carboxylic acids is 2. The number of fused-ring (bicyclic) bond motifs is 1. The van der Waals surface area contributed by atoms with Crippen molar-refractivity contribution in [1.29, 1.82) is 0 Å². The monoisotopic (exact) mass is 338 g/mol. The van der Waals surface area contributed by atoms with Crippen molar-refractivity contribution in [2.45, 2.75) is 20.3 Å². The highest BCUT2D eigenvalue weighted by atomic mass is 16.5. The summed E-state index contributed by atoms with van der Waals surface area (Å²) in [5.41, 5.74) is 2.81. The molecular formula is C20H22N2O3. The van der Waals surface area contributed by atoms with Gasteiger partial charge in [-0.25, -0.2) is 0 Å². The summed E-state index contributed by atoms with van der Waals surface area (Å²) in [6, 6.07) is 15.1. The molecule has 1 heterocycles. The fraction of sp³-hybridized carbons (Fsp3) is 0.300. The predicted molar refractivity (Wildman–Crippen MR) is 98.1 cm³/mol. The number of nitrogens with zero attached hydrogens (tertiary/aromatic N) is 2. The zero-order valence-electron chi connectivity index (χ0n) is 14.6. The fourth-order valence-electron chi connectivity index (χ4n) is 3.09. The first kappa shape index (κ1) is 17.0. The molecule has 2 aromatic rings. The smallest absolute Gasteiger partial charge is 0.247 e. The Morgan fingerprint density at radius 3 is 2.52 bits per heavy atom. The van der Waals surface area contributed by atoms with E-state index in [0.29, 0.717) is 18.8 Å². The van der Waals surface area contributed by atoms with Crippen molar-refractivity contribution in [1.82, 2.24) is 0 Å². The zero-order chi connectivity index (χ0) is 17.8. The maximum atomic E-state index is 12.8. The molecule has 5 heteroatoms. The van der Waals surface area contributed by atoms with Crippen molar-refractivity contribution in [3.8, 4) is 5.75 Å². The summed E-state index contributed by atoms with van der Waals surface area (Å²) in [5.74, 6) is 0.508. The van der Waals surface area contributed by atoms with Crippen molar-refractivity contribution in [3.05, 3.63) is 54.1 Å². The molecule has 130 valence electrons. The van der Waals surface area contributed by atoms with Gasteiger partial charge in [0.2, 0.25) is 11.8 Å². The Morgan fingerprint density at radius 1 is 1.12 bits per heavy atom. The number of hydrogen-bond acceptors (Lipinski definition) is 3. The van der Waals surface area contributed by atoms with Crippen LogP contribution in [0.25, 0.3) is 0 Å². The van der Waals surface area contributed by atoms with Crippen LogP contribution < -0.4 is 14.5 Å². The number of hydrogen-bond donors (Lipinski definition) is 0. The molecule has 0 fully saturated rings. The first-order valence-electron chi connectivity index (χ1n) is 8.49. The molecule has 2 amide bonds. The number of amides is 2. The van der Waals surface area contributed by atoms with Gasteiger partial charge in [0.05, 0.1) is 6.61 Å². The Kier molecular flexibility index (Phi) is 5.03. The van der Waals surface area contributed by atoms with Crippen LogP contribution in [-0.4, -0.2) is 31.5 Å². The van der Waals surface area contributed by atoms with Gasteiger partial charge in [0.15, 0.2) is 0 Å². The first-order chi connectivity index (χ1) is 12.1. The molecule has 3 rings (SSSR count). The van der Waals surface area contributed by atoms with Crippen LogP contribution in [0.2, 0.25) is 0 Å². The Morgan fingerprint density at radius 2 is 1.84 bits per heavy atom. The number of benzene rings is 2. The van der Waals surface area contributed by atoms with Crippen LogP contribution in [0.1, 0.15) is 19.4 Å². The summed E-state index contributed by atoms with van der Waals surface area (Å²) < 4.78 is 5.42. The molecule has 2 aromatic carbocycles. The number of para-hydroxylation sites is 1. The third-order valence-electron chi connectivity index (χ3n) is 4.32. The SMILES string of the molecule is CCOc1ccc(N(CC(=O)N2CCc3ccccc32)C(C)=O)cc1. The van der Waals surface area contributed by atoms with Crippen molar-refractivity contribution in [2.75, 3.05) is 29.5 Å². The molecule has 0 unspecified atom stereocenters. The van der Waals surface area contributed by atoms with Crippen LogP contribution in [0.4, 0.5) is 11.4 Å². The lowest BCUT2D eigenvalue weighted by Crippen LogP contribution is -2.41. The maximum Gasteiger partial charge on any atom is 0.247 e. The third kappa shape index (κ3) is 3.65. The Hall–Kier alpha value is -2.82. The van der Waals surface area contributed by atoms with E-state index in [1.807, 2.05) is 43.3 Å².